The van der Waals surface area contributed by atoms with Gasteiger partial charge < -0.3 is 16.4 Å². The second kappa shape index (κ2) is 4.63. The first kappa shape index (κ1) is 11.3. The van der Waals surface area contributed by atoms with Crippen LogP contribution in [-0.2, 0) is 0 Å². The second-order valence-electron chi connectivity index (χ2n) is 3.17. The number of primary amides is 1. The Kier molecular flexibility index (Phi) is 3.49. The Morgan fingerprint density at radius 1 is 1.47 bits per heavy atom. The van der Waals surface area contributed by atoms with E-state index in [4.69, 9.17) is 11.5 Å². The minimum Gasteiger partial charge on any atom is -0.397 e. The molecule has 4 N–H and O–H groups in total. The highest BCUT2D eigenvalue weighted by Crippen LogP contribution is 2.17. The number of aromatic nitrogens is 1. The van der Waals surface area contributed by atoms with Gasteiger partial charge in [0.2, 0.25) is 0 Å². The van der Waals surface area contributed by atoms with Gasteiger partial charge in [-0.05, 0) is 19.9 Å². The molecule has 0 radical (unpaired) electrons. The Hall–Kier alpha value is -1.78. The Bertz CT molecular complexity index is 360. The van der Waals surface area contributed by atoms with E-state index in [9.17, 15) is 4.79 Å². The van der Waals surface area contributed by atoms with E-state index in [0.29, 0.717) is 11.3 Å². The van der Waals surface area contributed by atoms with Crippen LogP contribution in [-0.4, -0.2) is 24.0 Å². The number of pyridine rings is 1. The lowest BCUT2D eigenvalue weighted by Crippen LogP contribution is -2.24. The monoisotopic (exact) mass is 208 g/mol. The molecule has 1 heterocycles. The Labute approximate surface area is 89.1 Å². The first-order chi connectivity index (χ1) is 7.10. The highest BCUT2D eigenvalue weighted by atomic mass is 16.1. The van der Waals surface area contributed by atoms with Gasteiger partial charge >= 0.3 is 0 Å². The van der Waals surface area contributed by atoms with Gasteiger partial charge in [-0.25, -0.2) is 4.98 Å². The molecular formula is C10H16N4O. The van der Waals surface area contributed by atoms with Crippen LogP contribution in [0.3, 0.4) is 0 Å². The molecule has 0 saturated carbocycles. The number of nitrogens with zero attached hydrogens (tertiary/aromatic N) is 2. The molecule has 1 rings (SSSR count). The largest absolute Gasteiger partial charge is 0.397 e. The summed E-state index contributed by atoms with van der Waals surface area (Å²) >= 11 is 0. The lowest BCUT2D eigenvalue weighted by molar-refractivity contribution is 0.100. The van der Waals surface area contributed by atoms with Crippen LogP contribution in [0.2, 0.25) is 0 Å². The summed E-state index contributed by atoms with van der Waals surface area (Å²) in [6.07, 6.45) is 1.47. The number of rotatable bonds is 4. The van der Waals surface area contributed by atoms with E-state index >= 15 is 0 Å². The van der Waals surface area contributed by atoms with E-state index in [1.54, 1.807) is 6.07 Å². The van der Waals surface area contributed by atoms with Gasteiger partial charge in [0.15, 0.2) is 0 Å². The van der Waals surface area contributed by atoms with Crippen molar-refractivity contribution in [2.75, 3.05) is 23.7 Å². The summed E-state index contributed by atoms with van der Waals surface area (Å²) < 4.78 is 0. The molecule has 1 aromatic rings. The highest BCUT2D eigenvalue weighted by Gasteiger charge is 2.10. The van der Waals surface area contributed by atoms with Crippen molar-refractivity contribution in [3.05, 3.63) is 17.8 Å². The average molecular weight is 208 g/mol. The predicted molar refractivity (Wildman–Crippen MR) is 60.7 cm³/mol. The van der Waals surface area contributed by atoms with Crippen LogP contribution < -0.4 is 16.4 Å². The van der Waals surface area contributed by atoms with Gasteiger partial charge in [-0.1, -0.05) is 0 Å². The number of hydrogen-bond donors (Lipinski definition) is 2. The quantitative estimate of drug-likeness (QED) is 0.759. The maximum atomic E-state index is 11.1. The summed E-state index contributed by atoms with van der Waals surface area (Å²) in [5, 5.41) is 0. The van der Waals surface area contributed by atoms with Crippen molar-refractivity contribution < 1.29 is 4.79 Å². The van der Waals surface area contributed by atoms with Crippen LogP contribution in [0.1, 0.15) is 24.2 Å². The zero-order valence-electron chi connectivity index (χ0n) is 9.03. The lowest BCUT2D eigenvalue weighted by atomic mass is 10.2. The Morgan fingerprint density at radius 3 is 2.53 bits per heavy atom. The zero-order chi connectivity index (χ0) is 11.4. The summed E-state index contributed by atoms with van der Waals surface area (Å²) in [6, 6.07) is 1.63. The molecule has 0 spiro atoms. The maximum Gasteiger partial charge on any atom is 0.250 e. The molecule has 1 aromatic heterocycles. The van der Waals surface area contributed by atoms with E-state index in [1.165, 1.54) is 6.20 Å². The van der Waals surface area contributed by atoms with E-state index in [2.05, 4.69) is 4.98 Å². The summed E-state index contributed by atoms with van der Waals surface area (Å²) in [5.41, 5.74) is 11.4. The van der Waals surface area contributed by atoms with Crippen molar-refractivity contribution in [3.63, 3.8) is 0 Å². The minimum absolute atomic E-state index is 0.318. The molecule has 0 aromatic carbocycles. The van der Waals surface area contributed by atoms with Gasteiger partial charge in [0.05, 0.1) is 17.4 Å². The Morgan fingerprint density at radius 2 is 2.07 bits per heavy atom. The number of carbonyl (C=O) groups excluding carboxylic acids is 1. The molecular weight excluding hydrogens is 192 g/mol. The van der Waals surface area contributed by atoms with Crippen molar-refractivity contribution in [1.82, 2.24) is 4.98 Å². The molecule has 0 atom stereocenters. The van der Waals surface area contributed by atoms with Gasteiger partial charge in [-0.2, -0.15) is 0 Å². The third-order valence-corrected chi connectivity index (χ3v) is 2.27. The zero-order valence-corrected chi connectivity index (χ0v) is 9.03. The minimum atomic E-state index is -0.525. The molecule has 0 unspecified atom stereocenters. The SMILES string of the molecule is CCN(CC)c1cc(C(N)=O)c(N)cn1. The first-order valence-corrected chi connectivity index (χ1v) is 4.90. The van der Waals surface area contributed by atoms with E-state index in [1.807, 2.05) is 18.7 Å². The molecule has 0 aliphatic heterocycles. The van der Waals surface area contributed by atoms with Crippen LogP contribution in [0.5, 0.6) is 0 Å². The molecule has 0 aliphatic carbocycles. The van der Waals surface area contributed by atoms with Crippen LogP contribution in [0.4, 0.5) is 11.5 Å². The number of amides is 1. The van der Waals surface area contributed by atoms with E-state index in [0.717, 1.165) is 18.9 Å². The average Bonchev–Trinajstić information content (AvgIpc) is 2.21. The van der Waals surface area contributed by atoms with Gasteiger partial charge in [0.1, 0.15) is 5.82 Å². The van der Waals surface area contributed by atoms with E-state index in [-0.39, 0.29) is 0 Å². The molecule has 1 amide bonds. The standard InChI is InChI=1S/C10H16N4O/c1-3-14(4-2)9-5-7(10(12)15)8(11)6-13-9/h5-6H,3-4,11H2,1-2H3,(H2,12,15). The molecule has 15 heavy (non-hydrogen) atoms. The third-order valence-electron chi connectivity index (χ3n) is 2.27. The van der Waals surface area contributed by atoms with Crippen LogP contribution >= 0.6 is 0 Å². The van der Waals surface area contributed by atoms with Crippen molar-refractivity contribution in [2.24, 2.45) is 5.73 Å². The topological polar surface area (TPSA) is 85.2 Å². The molecule has 0 fully saturated rings. The fourth-order valence-electron chi connectivity index (χ4n) is 1.39. The number of anilines is 2. The van der Waals surface area contributed by atoms with Crippen molar-refractivity contribution >= 4 is 17.4 Å². The van der Waals surface area contributed by atoms with Crippen LogP contribution in [0.25, 0.3) is 0 Å². The molecule has 5 heteroatoms. The highest BCUT2D eigenvalue weighted by molar-refractivity contribution is 5.98. The number of hydrogen-bond acceptors (Lipinski definition) is 4. The number of carbonyl (C=O) groups is 1. The van der Waals surface area contributed by atoms with Gasteiger partial charge in [0.25, 0.3) is 5.91 Å². The third kappa shape index (κ3) is 2.37. The smallest absolute Gasteiger partial charge is 0.250 e. The summed E-state index contributed by atoms with van der Waals surface area (Å²) in [7, 11) is 0. The van der Waals surface area contributed by atoms with Crippen LogP contribution in [0.15, 0.2) is 12.3 Å². The normalized spacial score (nSPS) is 10.0. The second-order valence-corrected chi connectivity index (χ2v) is 3.17. The fraction of sp³-hybridized carbons (Fsp3) is 0.400. The summed E-state index contributed by atoms with van der Waals surface area (Å²) in [6.45, 7) is 5.69. The van der Waals surface area contributed by atoms with Gasteiger partial charge in [0, 0.05) is 13.1 Å². The van der Waals surface area contributed by atoms with Gasteiger partial charge in [-0.15, -0.1) is 0 Å². The maximum absolute atomic E-state index is 11.1. The van der Waals surface area contributed by atoms with Crippen molar-refractivity contribution in [2.45, 2.75) is 13.8 Å². The molecule has 0 saturated heterocycles. The molecule has 5 nitrogen and oxygen atoms in total. The number of nitrogens with two attached hydrogens (primary N) is 2. The first-order valence-electron chi connectivity index (χ1n) is 4.90. The van der Waals surface area contributed by atoms with Crippen LogP contribution in [0, 0.1) is 0 Å². The van der Waals surface area contributed by atoms with E-state index < -0.39 is 5.91 Å². The predicted octanol–water partition coefficient (Wildman–Crippen LogP) is 0.609. The lowest BCUT2D eigenvalue weighted by Gasteiger charge is -2.20. The van der Waals surface area contributed by atoms with Gasteiger partial charge in [-0.3, -0.25) is 4.79 Å². The fourth-order valence-corrected chi connectivity index (χ4v) is 1.39. The Balaban J connectivity index is 3.11. The molecule has 0 bridgehead atoms. The number of nitrogen functional groups attached to an aromatic ring is 1. The molecule has 0 aliphatic rings. The summed E-state index contributed by atoms with van der Waals surface area (Å²) in [4.78, 5) is 17.2. The van der Waals surface area contributed by atoms with Crippen molar-refractivity contribution in [1.29, 1.82) is 0 Å². The molecule has 82 valence electrons. The summed E-state index contributed by atoms with van der Waals surface area (Å²) in [5.74, 6) is 0.200. The van der Waals surface area contributed by atoms with Crippen molar-refractivity contribution in [3.8, 4) is 0 Å².